The number of hydrogen-bond donors (Lipinski definition) is 0. The van der Waals surface area contributed by atoms with Gasteiger partial charge in [-0.25, -0.2) is 0 Å². The summed E-state index contributed by atoms with van der Waals surface area (Å²) in [5.74, 6) is 0. The summed E-state index contributed by atoms with van der Waals surface area (Å²) in [5.41, 5.74) is 0. The second-order valence-electron chi connectivity index (χ2n) is 4.53. The highest BCUT2D eigenvalue weighted by Crippen LogP contribution is 1.96. The van der Waals surface area contributed by atoms with Crippen molar-refractivity contribution in [2.45, 2.75) is 6.10 Å². The maximum atomic E-state index is 10.6. The third kappa shape index (κ3) is 11.8. The van der Waals surface area contributed by atoms with E-state index in [9.17, 15) is 10.1 Å². The minimum absolute atomic E-state index is 0.157. The van der Waals surface area contributed by atoms with E-state index in [1.807, 2.05) is 0 Å². The van der Waals surface area contributed by atoms with Gasteiger partial charge in [0.2, 0.25) is 6.54 Å². The molecule has 130 valence electrons. The lowest BCUT2D eigenvalue weighted by Crippen LogP contribution is -2.30. The van der Waals surface area contributed by atoms with Gasteiger partial charge >= 0.3 is 0 Å². The summed E-state index contributed by atoms with van der Waals surface area (Å²) >= 11 is 0. The first-order valence-electron chi connectivity index (χ1n) is 7.41. The molecule has 9 heteroatoms. The Morgan fingerprint density at radius 2 is 1.14 bits per heavy atom. The van der Waals surface area contributed by atoms with E-state index in [0.717, 1.165) is 0 Å². The van der Waals surface area contributed by atoms with Gasteiger partial charge in [-0.15, -0.1) is 0 Å². The molecule has 0 bridgehead atoms. The number of nitrogens with zero attached hydrogens (tertiary/aromatic N) is 1. The predicted molar refractivity (Wildman–Crippen MR) is 75.7 cm³/mol. The lowest BCUT2D eigenvalue weighted by molar-refractivity contribution is -0.492. The summed E-state index contributed by atoms with van der Waals surface area (Å²) in [5, 5.41) is 10.6. The van der Waals surface area contributed by atoms with Crippen molar-refractivity contribution in [3.05, 3.63) is 10.1 Å². The Balaban J connectivity index is 2.25. The monoisotopic (exact) mass is 323 g/mol. The molecule has 0 aromatic rings. The molecule has 0 N–H and O–H groups in total. The fourth-order valence-corrected chi connectivity index (χ4v) is 1.69. The van der Waals surface area contributed by atoms with Crippen LogP contribution in [0.1, 0.15) is 0 Å². The van der Waals surface area contributed by atoms with Crippen LogP contribution in [0.4, 0.5) is 0 Å². The number of nitro groups is 1. The van der Waals surface area contributed by atoms with Gasteiger partial charge in [0.05, 0.1) is 72.7 Å². The van der Waals surface area contributed by atoms with Crippen molar-refractivity contribution in [2.75, 3.05) is 79.2 Å². The molecule has 0 radical (unpaired) electrons. The van der Waals surface area contributed by atoms with Gasteiger partial charge in [0, 0.05) is 4.92 Å². The van der Waals surface area contributed by atoms with Crippen molar-refractivity contribution in [3.63, 3.8) is 0 Å². The molecule has 0 aromatic carbocycles. The fraction of sp³-hybridized carbons (Fsp3) is 1.00. The number of ether oxygens (including phenoxy) is 6. The van der Waals surface area contributed by atoms with Crippen LogP contribution >= 0.6 is 0 Å². The van der Waals surface area contributed by atoms with Crippen molar-refractivity contribution in [3.8, 4) is 0 Å². The van der Waals surface area contributed by atoms with E-state index in [0.29, 0.717) is 59.5 Å². The molecular formula is C13H25NO8. The quantitative estimate of drug-likeness (QED) is 0.506. The summed E-state index contributed by atoms with van der Waals surface area (Å²) in [6.07, 6.45) is -0.586. The van der Waals surface area contributed by atoms with Gasteiger partial charge in [0.15, 0.2) is 0 Å². The Kier molecular flexibility index (Phi) is 12.0. The molecule has 0 aliphatic carbocycles. The van der Waals surface area contributed by atoms with Gasteiger partial charge in [0.25, 0.3) is 0 Å². The Labute approximate surface area is 129 Å². The first kappa shape index (κ1) is 19.2. The molecule has 0 spiro atoms. The zero-order chi connectivity index (χ0) is 15.9. The molecule has 22 heavy (non-hydrogen) atoms. The molecule has 0 saturated carbocycles. The summed E-state index contributed by atoms with van der Waals surface area (Å²) < 4.78 is 32.0. The average Bonchev–Trinajstić information content (AvgIpc) is 2.48. The number of rotatable bonds is 2. The van der Waals surface area contributed by atoms with E-state index in [4.69, 9.17) is 28.4 Å². The Hall–Kier alpha value is -0.840. The van der Waals surface area contributed by atoms with E-state index in [2.05, 4.69) is 0 Å². The molecule has 0 amide bonds. The summed E-state index contributed by atoms with van der Waals surface area (Å²) in [7, 11) is 0. The Morgan fingerprint density at radius 1 is 0.727 bits per heavy atom. The summed E-state index contributed by atoms with van der Waals surface area (Å²) in [4.78, 5) is 10.2. The van der Waals surface area contributed by atoms with Crippen molar-refractivity contribution in [1.82, 2.24) is 0 Å². The van der Waals surface area contributed by atoms with Crippen LogP contribution in [0.3, 0.4) is 0 Å². The third-order valence-electron chi connectivity index (χ3n) is 2.73. The standard InChI is InChI=1S/C13H25NO8/c15-14(16)11-13-12-21-8-7-19-4-3-17-1-2-18-5-6-20-9-10-22-13/h13H,1-12H2. The maximum absolute atomic E-state index is 10.6. The minimum Gasteiger partial charge on any atom is -0.377 e. The van der Waals surface area contributed by atoms with E-state index < -0.39 is 11.0 Å². The first-order chi connectivity index (χ1) is 10.8. The lowest BCUT2D eigenvalue weighted by Gasteiger charge is -2.15. The molecule has 1 fully saturated rings. The van der Waals surface area contributed by atoms with Crippen LogP contribution in [-0.2, 0) is 28.4 Å². The molecule has 1 aliphatic rings. The highest BCUT2D eigenvalue weighted by Gasteiger charge is 2.16. The maximum Gasteiger partial charge on any atom is 0.231 e. The van der Waals surface area contributed by atoms with Crippen LogP contribution in [0.2, 0.25) is 0 Å². The van der Waals surface area contributed by atoms with Gasteiger partial charge in [-0.1, -0.05) is 0 Å². The highest BCUT2D eigenvalue weighted by molar-refractivity contribution is 4.55. The van der Waals surface area contributed by atoms with Crippen LogP contribution in [-0.4, -0.2) is 90.2 Å². The van der Waals surface area contributed by atoms with E-state index in [1.54, 1.807) is 0 Å². The minimum atomic E-state index is -0.586. The predicted octanol–water partition coefficient (Wildman–Crippen LogP) is -0.255. The van der Waals surface area contributed by atoms with Crippen molar-refractivity contribution in [1.29, 1.82) is 0 Å². The molecule has 9 nitrogen and oxygen atoms in total. The summed E-state index contributed by atoms with van der Waals surface area (Å²) in [6, 6.07) is 0. The molecule has 1 unspecified atom stereocenters. The first-order valence-corrected chi connectivity index (χ1v) is 7.41. The van der Waals surface area contributed by atoms with Crippen LogP contribution in [0, 0.1) is 10.1 Å². The smallest absolute Gasteiger partial charge is 0.231 e. The van der Waals surface area contributed by atoms with Crippen LogP contribution in [0.5, 0.6) is 0 Å². The van der Waals surface area contributed by atoms with Crippen molar-refractivity contribution in [2.24, 2.45) is 0 Å². The third-order valence-corrected chi connectivity index (χ3v) is 2.73. The van der Waals surface area contributed by atoms with E-state index >= 15 is 0 Å². The molecular weight excluding hydrogens is 298 g/mol. The fourth-order valence-electron chi connectivity index (χ4n) is 1.69. The average molecular weight is 323 g/mol. The van der Waals surface area contributed by atoms with Crippen molar-refractivity contribution < 1.29 is 33.3 Å². The molecule has 0 aromatic heterocycles. The molecule has 1 heterocycles. The zero-order valence-electron chi connectivity index (χ0n) is 12.8. The van der Waals surface area contributed by atoms with Gasteiger partial charge in [-0.2, -0.15) is 0 Å². The molecule has 1 saturated heterocycles. The SMILES string of the molecule is O=[N+]([O-])CC1COCCOCCOCCOCCOCCO1. The molecule has 1 atom stereocenters. The van der Waals surface area contributed by atoms with E-state index in [-0.39, 0.29) is 19.8 Å². The normalized spacial score (nSPS) is 25.0. The Bertz CT molecular complexity index is 261. The second-order valence-corrected chi connectivity index (χ2v) is 4.53. The van der Waals surface area contributed by atoms with Crippen molar-refractivity contribution >= 4 is 0 Å². The van der Waals surface area contributed by atoms with Crippen LogP contribution in [0.15, 0.2) is 0 Å². The van der Waals surface area contributed by atoms with Gasteiger partial charge in [-0.05, 0) is 0 Å². The summed E-state index contributed by atoms with van der Waals surface area (Å²) in [6.45, 7) is 4.18. The second kappa shape index (κ2) is 13.8. The van der Waals surface area contributed by atoms with E-state index in [1.165, 1.54) is 0 Å². The topological polar surface area (TPSA) is 98.5 Å². The molecule has 1 rings (SSSR count). The van der Waals surface area contributed by atoms with Gasteiger partial charge < -0.3 is 28.4 Å². The zero-order valence-corrected chi connectivity index (χ0v) is 12.8. The highest BCUT2D eigenvalue weighted by atomic mass is 16.6. The van der Waals surface area contributed by atoms with Crippen LogP contribution in [0.25, 0.3) is 0 Å². The van der Waals surface area contributed by atoms with Gasteiger partial charge in [-0.3, -0.25) is 10.1 Å². The number of hydrogen-bond acceptors (Lipinski definition) is 8. The van der Waals surface area contributed by atoms with Gasteiger partial charge in [0.1, 0.15) is 6.10 Å². The Morgan fingerprint density at radius 3 is 1.59 bits per heavy atom. The lowest BCUT2D eigenvalue weighted by atomic mass is 10.4. The van der Waals surface area contributed by atoms with Crippen LogP contribution < -0.4 is 0 Å². The molecule has 1 aliphatic heterocycles. The largest absolute Gasteiger partial charge is 0.377 e.